The summed E-state index contributed by atoms with van der Waals surface area (Å²) in [5.74, 6) is -0.0972. The minimum Gasteiger partial charge on any atom is -0.310 e. The molecule has 0 heterocycles. The second-order valence-electron chi connectivity index (χ2n) is 5.60. The van der Waals surface area contributed by atoms with Crippen molar-refractivity contribution >= 4 is 11.8 Å². The summed E-state index contributed by atoms with van der Waals surface area (Å²) < 4.78 is 13.9. The minimum absolute atomic E-state index is 0.0382. The third-order valence-corrected chi connectivity index (χ3v) is 3.89. The van der Waals surface area contributed by atoms with Crippen LogP contribution in [-0.4, -0.2) is 10.8 Å². The number of benzene rings is 1. The van der Waals surface area contributed by atoms with E-state index in [1.165, 1.54) is 12.8 Å². The van der Waals surface area contributed by atoms with Crippen LogP contribution in [0.25, 0.3) is 0 Å². The molecule has 1 saturated carbocycles. The monoisotopic (exact) mass is 253 g/mol. The number of rotatable bonds is 4. The molecule has 1 aliphatic carbocycles. The Morgan fingerprint density at radius 3 is 2.65 bits per heavy atom. The zero-order valence-corrected chi connectivity index (χ0v) is 11.5. The lowest BCUT2D eigenvalue weighted by atomic mass is 10.2. The summed E-state index contributed by atoms with van der Waals surface area (Å²) >= 11 is 1.61. The van der Waals surface area contributed by atoms with Crippen LogP contribution in [0.15, 0.2) is 23.1 Å². The normalized spacial score (nSPS) is 16.2. The summed E-state index contributed by atoms with van der Waals surface area (Å²) in [5, 5.41) is 3.45. The van der Waals surface area contributed by atoms with Crippen molar-refractivity contribution in [2.24, 2.45) is 0 Å². The van der Waals surface area contributed by atoms with Crippen molar-refractivity contribution in [2.75, 3.05) is 0 Å². The molecule has 0 unspecified atom stereocenters. The molecule has 1 aromatic carbocycles. The Balaban J connectivity index is 2.14. The first-order valence-electron chi connectivity index (χ1n) is 6.15. The SMILES string of the molecule is CC(C)(C)Sc1c(F)cccc1CNC1CC1. The smallest absolute Gasteiger partial charge is 0.137 e. The van der Waals surface area contributed by atoms with E-state index in [-0.39, 0.29) is 10.6 Å². The Morgan fingerprint density at radius 1 is 1.35 bits per heavy atom. The van der Waals surface area contributed by atoms with E-state index in [0.29, 0.717) is 6.04 Å². The van der Waals surface area contributed by atoms with Crippen molar-refractivity contribution < 1.29 is 4.39 Å². The third kappa shape index (κ3) is 4.00. The van der Waals surface area contributed by atoms with Gasteiger partial charge in [0.05, 0.1) is 0 Å². The highest BCUT2D eigenvalue weighted by Crippen LogP contribution is 2.36. The molecule has 0 saturated heterocycles. The Labute approximate surface area is 107 Å². The molecule has 94 valence electrons. The van der Waals surface area contributed by atoms with Gasteiger partial charge >= 0.3 is 0 Å². The molecular weight excluding hydrogens is 233 g/mol. The van der Waals surface area contributed by atoms with Crippen LogP contribution in [0.1, 0.15) is 39.2 Å². The summed E-state index contributed by atoms with van der Waals surface area (Å²) in [7, 11) is 0. The number of hydrogen-bond donors (Lipinski definition) is 1. The average molecular weight is 253 g/mol. The predicted octanol–water partition coefficient (Wildman–Crippen LogP) is 3.97. The van der Waals surface area contributed by atoms with Gasteiger partial charge in [0.1, 0.15) is 5.82 Å². The highest BCUT2D eigenvalue weighted by molar-refractivity contribution is 8.00. The molecule has 0 spiro atoms. The molecule has 0 aromatic heterocycles. The van der Waals surface area contributed by atoms with Crippen molar-refractivity contribution in [1.29, 1.82) is 0 Å². The molecule has 1 nitrogen and oxygen atoms in total. The molecular formula is C14H20FNS. The van der Waals surface area contributed by atoms with Gasteiger partial charge in [-0.05, 0) is 24.5 Å². The van der Waals surface area contributed by atoms with Crippen molar-refractivity contribution in [3.8, 4) is 0 Å². The van der Waals surface area contributed by atoms with Gasteiger partial charge in [-0.25, -0.2) is 4.39 Å². The first kappa shape index (κ1) is 12.9. The maximum Gasteiger partial charge on any atom is 0.137 e. The van der Waals surface area contributed by atoms with E-state index < -0.39 is 0 Å². The first-order valence-corrected chi connectivity index (χ1v) is 6.97. The van der Waals surface area contributed by atoms with Crippen LogP contribution in [0.5, 0.6) is 0 Å². The van der Waals surface area contributed by atoms with E-state index in [9.17, 15) is 4.39 Å². The van der Waals surface area contributed by atoms with E-state index in [1.807, 2.05) is 6.07 Å². The molecule has 0 amide bonds. The largest absolute Gasteiger partial charge is 0.310 e. The van der Waals surface area contributed by atoms with E-state index in [1.54, 1.807) is 23.9 Å². The van der Waals surface area contributed by atoms with E-state index in [2.05, 4.69) is 26.1 Å². The third-order valence-electron chi connectivity index (χ3n) is 2.62. The quantitative estimate of drug-likeness (QED) is 0.815. The fraction of sp³-hybridized carbons (Fsp3) is 0.571. The van der Waals surface area contributed by atoms with Crippen LogP contribution in [0.4, 0.5) is 4.39 Å². The second-order valence-corrected chi connectivity index (χ2v) is 7.43. The van der Waals surface area contributed by atoms with Crippen LogP contribution >= 0.6 is 11.8 Å². The molecule has 2 rings (SSSR count). The average Bonchev–Trinajstić information content (AvgIpc) is 3.01. The Bertz CT molecular complexity index is 394. The van der Waals surface area contributed by atoms with Crippen molar-refractivity contribution in [3.05, 3.63) is 29.6 Å². The molecule has 0 atom stereocenters. The van der Waals surface area contributed by atoms with Gasteiger partial charge < -0.3 is 5.32 Å². The minimum atomic E-state index is -0.0972. The lowest BCUT2D eigenvalue weighted by Gasteiger charge is -2.20. The van der Waals surface area contributed by atoms with Gasteiger partial charge in [-0.15, -0.1) is 11.8 Å². The van der Waals surface area contributed by atoms with Crippen LogP contribution in [0.3, 0.4) is 0 Å². The lowest BCUT2D eigenvalue weighted by molar-refractivity contribution is 0.587. The van der Waals surface area contributed by atoms with Gasteiger partial charge in [0.25, 0.3) is 0 Å². The molecule has 0 radical (unpaired) electrons. The molecule has 17 heavy (non-hydrogen) atoms. The summed E-state index contributed by atoms with van der Waals surface area (Å²) in [6, 6.07) is 6.03. The van der Waals surface area contributed by atoms with Crippen molar-refractivity contribution in [2.45, 2.75) is 55.8 Å². The molecule has 1 aliphatic rings. The van der Waals surface area contributed by atoms with Gasteiger partial charge in [0.2, 0.25) is 0 Å². The van der Waals surface area contributed by atoms with Gasteiger partial charge in [-0.1, -0.05) is 32.9 Å². The number of halogens is 1. The van der Waals surface area contributed by atoms with Crippen LogP contribution in [-0.2, 0) is 6.54 Å². The highest BCUT2D eigenvalue weighted by Gasteiger charge is 2.22. The molecule has 1 fully saturated rings. The topological polar surface area (TPSA) is 12.0 Å². The highest BCUT2D eigenvalue weighted by atomic mass is 32.2. The first-order chi connectivity index (χ1) is 7.96. The van der Waals surface area contributed by atoms with E-state index >= 15 is 0 Å². The standard InChI is InChI=1S/C14H20FNS/c1-14(2,3)17-13-10(5-4-6-12(13)15)9-16-11-7-8-11/h4-6,11,16H,7-9H2,1-3H3. The molecule has 3 heteroatoms. The fourth-order valence-corrected chi connectivity index (χ4v) is 2.70. The summed E-state index contributed by atoms with van der Waals surface area (Å²) in [5.41, 5.74) is 1.08. The number of thioether (sulfide) groups is 1. The zero-order valence-electron chi connectivity index (χ0n) is 10.7. The van der Waals surface area contributed by atoms with E-state index in [0.717, 1.165) is 17.0 Å². The fourth-order valence-electron chi connectivity index (χ4n) is 1.65. The van der Waals surface area contributed by atoms with Gasteiger partial charge in [-0.3, -0.25) is 0 Å². The second kappa shape index (κ2) is 4.99. The van der Waals surface area contributed by atoms with Gasteiger partial charge in [-0.2, -0.15) is 0 Å². The Hall–Kier alpha value is -0.540. The van der Waals surface area contributed by atoms with Crippen LogP contribution in [0, 0.1) is 5.82 Å². The zero-order chi connectivity index (χ0) is 12.5. The van der Waals surface area contributed by atoms with Gasteiger partial charge in [0.15, 0.2) is 0 Å². The maximum absolute atomic E-state index is 13.9. The number of nitrogens with one attached hydrogen (secondary N) is 1. The van der Waals surface area contributed by atoms with Gasteiger partial charge in [0, 0.05) is 22.2 Å². The van der Waals surface area contributed by atoms with Crippen LogP contribution in [0.2, 0.25) is 0 Å². The molecule has 0 aliphatic heterocycles. The maximum atomic E-state index is 13.9. The predicted molar refractivity (Wildman–Crippen MR) is 71.9 cm³/mol. The molecule has 1 aromatic rings. The number of hydrogen-bond acceptors (Lipinski definition) is 2. The Kier molecular flexibility index (Phi) is 3.79. The van der Waals surface area contributed by atoms with Crippen LogP contribution < -0.4 is 5.32 Å². The summed E-state index contributed by atoms with van der Waals surface area (Å²) in [6.45, 7) is 7.12. The molecule has 0 bridgehead atoms. The summed E-state index contributed by atoms with van der Waals surface area (Å²) in [4.78, 5) is 0.799. The van der Waals surface area contributed by atoms with Crippen molar-refractivity contribution in [1.82, 2.24) is 5.32 Å². The lowest BCUT2D eigenvalue weighted by Crippen LogP contribution is -2.17. The summed E-state index contributed by atoms with van der Waals surface area (Å²) in [6.07, 6.45) is 2.52. The van der Waals surface area contributed by atoms with Crippen molar-refractivity contribution in [3.63, 3.8) is 0 Å². The Morgan fingerprint density at radius 2 is 2.06 bits per heavy atom. The van der Waals surface area contributed by atoms with E-state index in [4.69, 9.17) is 0 Å². The molecule has 1 N–H and O–H groups in total.